The lowest BCUT2D eigenvalue weighted by molar-refractivity contribution is 0.0382. The smallest absolute Gasteiger partial charge is 0.144 e. The van der Waals surface area contributed by atoms with E-state index in [9.17, 15) is 5.11 Å². The monoisotopic (exact) mass is 266 g/mol. The topological polar surface area (TPSA) is 76.7 Å². The Morgan fingerprint density at radius 1 is 1.53 bits per heavy atom. The highest BCUT2D eigenvalue weighted by Gasteiger charge is 2.32. The summed E-state index contributed by atoms with van der Waals surface area (Å²) in [7, 11) is 0. The summed E-state index contributed by atoms with van der Waals surface area (Å²) in [6.45, 7) is 5.30. The SMILES string of the molecule is CC(C)Oc1cccc(NCC2(O)CCOC2)c1N. The molecule has 1 aliphatic rings. The standard InChI is InChI=1S/C14H22N2O3/c1-10(2)19-12-5-3-4-11(13(12)15)16-8-14(17)6-7-18-9-14/h3-5,10,16-17H,6-9,15H2,1-2H3. The minimum absolute atomic E-state index is 0.0740. The molecule has 1 saturated heterocycles. The van der Waals surface area contributed by atoms with E-state index in [1.165, 1.54) is 0 Å². The van der Waals surface area contributed by atoms with Gasteiger partial charge in [-0.25, -0.2) is 0 Å². The van der Waals surface area contributed by atoms with Crippen molar-refractivity contribution < 1.29 is 14.6 Å². The molecule has 1 fully saturated rings. The van der Waals surface area contributed by atoms with Crippen molar-refractivity contribution in [2.45, 2.75) is 32.0 Å². The number of aliphatic hydroxyl groups is 1. The maximum Gasteiger partial charge on any atom is 0.144 e. The molecule has 0 radical (unpaired) electrons. The number of nitrogens with two attached hydrogens (primary N) is 1. The number of ether oxygens (including phenoxy) is 2. The first-order chi connectivity index (χ1) is 9.00. The number of nitrogens with one attached hydrogen (secondary N) is 1. The van der Waals surface area contributed by atoms with E-state index in [0.29, 0.717) is 37.6 Å². The maximum atomic E-state index is 10.2. The molecule has 5 nitrogen and oxygen atoms in total. The zero-order chi connectivity index (χ0) is 13.9. The molecule has 1 aromatic carbocycles. The lowest BCUT2D eigenvalue weighted by Gasteiger charge is -2.22. The van der Waals surface area contributed by atoms with E-state index in [0.717, 1.165) is 5.69 Å². The highest BCUT2D eigenvalue weighted by Crippen LogP contribution is 2.31. The van der Waals surface area contributed by atoms with Crippen LogP contribution in [-0.2, 0) is 4.74 Å². The van der Waals surface area contributed by atoms with Crippen molar-refractivity contribution in [3.63, 3.8) is 0 Å². The fourth-order valence-electron chi connectivity index (χ4n) is 2.05. The van der Waals surface area contributed by atoms with E-state index >= 15 is 0 Å². The van der Waals surface area contributed by atoms with E-state index < -0.39 is 5.60 Å². The van der Waals surface area contributed by atoms with Crippen LogP contribution in [0.25, 0.3) is 0 Å². The third-order valence-corrected chi connectivity index (χ3v) is 3.12. The van der Waals surface area contributed by atoms with E-state index in [1.807, 2.05) is 32.0 Å². The molecule has 0 amide bonds. The largest absolute Gasteiger partial charge is 0.489 e. The van der Waals surface area contributed by atoms with Gasteiger partial charge in [-0.05, 0) is 26.0 Å². The van der Waals surface area contributed by atoms with Gasteiger partial charge < -0.3 is 25.6 Å². The summed E-state index contributed by atoms with van der Waals surface area (Å²) in [5.74, 6) is 0.662. The Morgan fingerprint density at radius 2 is 2.32 bits per heavy atom. The van der Waals surface area contributed by atoms with Gasteiger partial charge in [0.25, 0.3) is 0 Å². The molecule has 0 bridgehead atoms. The maximum absolute atomic E-state index is 10.2. The average Bonchev–Trinajstić information content (AvgIpc) is 2.77. The van der Waals surface area contributed by atoms with Gasteiger partial charge in [-0.2, -0.15) is 0 Å². The third-order valence-electron chi connectivity index (χ3n) is 3.12. The molecule has 19 heavy (non-hydrogen) atoms. The van der Waals surface area contributed by atoms with Crippen LogP contribution in [0.2, 0.25) is 0 Å². The molecule has 5 heteroatoms. The van der Waals surface area contributed by atoms with Gasteiger partial charge in [0.2, 0.25) is 0 Å². The molecule has 1 aliphatic heterocycles. The van der Waals surface area contributed by atoms with Crippen molar-refractivity contribution in [1.29, 1.82) is 0 Å². The molecule has 1 heterocycles. The van der Waals surface area contributed by atoms with E-state index in [4.69, 9.17) is 15.2 Å². The van der Waals surface area contributed by atoms with Gasteiger partial charge in [-0.1, -0.05) is 6.07 Å². The van der Waals surface area contributed by atoms with Gasteiger partial charge >= 0.3 is 0 Å². The molecule has 0 saturated carbocycles. The van der Waals surface area contributed by atoms with Gasteiger partial charge in [-0.15, -0.1) is 0 Å². The summed E-state index contributed by atoms with van der Waals surface area (Å²) in [6.07, 6.45) is 0.715. The van der Waals surface area contributed by atoms with Gasteiger partial charge in [-0.3, -0.25) is 0 Å². The van der Waals surface area contributed by atoms with E-state index in [-0.39, 0.29) is 6.10 Å². The molecular formula is C14H22N2O3. The van der Waals surface area contributed by atoms with Crippen LogP contribution in [0, 0.1) is 0 Å². The molecule has 1 unspecified atom stereocenters. The Morgan fingerprint density at radius 3 is 2.95 bits per heavy atom. The number of benzene rings is 1. The summed E-state index contributed by atoms with van der Waals surface area (Å²) in [5, 5.41) is 13.4. The minimum Gasteiger partial charge on any atom is -0.489 e. The van der Waals surface area contributed by atoms with Crippen LogP contribution in [0.5, 0.6) is 5.75 Å². The molecule has 0 spiro atoms. The second kappa shape index (κ2) is 5.67. The predicted molar refractivity (Wildman–Crippen MR) is 75.5 cm³/mol. The van der Waals surface area contributed by atoms with Gasteiger partial charge in [0.05, 0.1) is 24.1 Å². The van der Waals surface area contributed by atoms with Crippen LogP contribution in [0.15, 0.2) is 18.2 Å². The number of nitrogen functional groups attached to an aromatic ring is 1. The van der Waals surface area contributed by atoms with Gasteiger partial charge in [0, 0.05) is 19.6 Å². The van der Waals surface area contributed by atoms with Crippen molar-refractivity contribution in [2.75, 3.05) is 30.8 Å². The summed E-state index contributed by atoms with van der Waals surface area (Å²) in [4.78, 5) is 0. The lowest BCUT2D eigenvalue weighted by atomic mass is 10.0. The van der Waals surface area contributed by atoms with Crippen molar-refractivity contribution in [1.82, 2.24) is 0 Å². The van der Waals surface area contributed by atoms with Crippen LogP contribution < -0.4 is 15.8 Å². The van der Waals surface area contributed by atoms with Crippen LogP contribution in [0.1, 0.15) is 20.3 Å². The van der Waals surface area contributed by atoms with Gasteiger partial charge in [0.1, 0.15) is 11.4 Å². The molecule has 1 atom stereocenters. The summed E-state index contributed by atoms with van der Waals surface area (Å²) in [6, 6.07) is 5.60. The van der Waals surface area contributed by atoms with Crippen molar-refractivity contribution in [2.24, 2.45) is 0 Å². The number of anilines is 2. The minimum atomic E-state index is -0.804. The second-order valence-corrected chi connectivity index (χ2v) is 5.26. The number of hydrogen-bond donors (Lipinski definition) is 3. The van der Waals surface area contributed by atoms with Crippen LogP contribution in [0.3, 0.4) is 0 Å². The molecule has 0 aromatic heterocycles. The molecule has 0 aliphatic carbocycles. The van der Waals surface area contributed by atoms with Crippen molar-refractivity contribution in [3.05, 3.63) is 18.2 Å². The third kappa shape index (κ3) is 3.52. The molecule has 2 rings (SSSR count). The zero-order valence-electron chi connectivity index (χ0n) is 11.5. The molecular weight excluding hydrogens is 244 g/mol. The van der Waals surface area contributed by atoms with Crippen LogP contribution >= 0.6 is 0 Å². The molecule has 1 aromatic rings. The summed E-state index contributed by atoms with van der Waals surface area (Å²) < 4.78 is 10.8. The van der Waals surface area contributed by atoms with Crippen molar-refractivity contribution in [3.8, 4) is 5.75 Å². The van der Waals surface area contributed by atoms with Gasteiger partial charge in [0.15, 0.2) is 0 Å². The normalized spacial score (nSPS) is 22.7. The molecule has 4 N–H and O–H groups in total. The predicted octanol–water partition coefficient (Wildman–Crippen LogP) is 1.62. The Hall–Kier alpha value is -1.46. The van der Waals surface area contributed by atoms with E-state index in [1.54, 1.807) is 0 Å². The average molecular weight is 266 g/mol. The zero-order valence-corrected chi connectivity index (χ0v) is 11.5. The summed E-state index contributed by atoms with van der Waals surface area (Å²) in [5.41, 5.74) is 6.60. The Balaban J connectivity index is 2.04. The van der Waals surface area contributed by atoms with Crippen molar-refractivity contribution >= 4 is 11.4 Å². The lowest BCUT2D eigenvalue weighted by Crippen LogP contribution is -2.37. The number of hydrogen-bond acceptors (Lipinski definition) is 5. The Bertz CT molecular complexity index is 429. The quantitative estimate of drug-likeness (QED) is 0.706. The highest BCUT2D eigenvalue weighted by molar-refractivity contribution is 5.73. The Kier molecular flexibility index (Phi) is 4.17. The number of rotatable bonds is 5. The highest BCUT2D eigenvalue weighted by atomic mass is 16.5. The van der Waals surface area contributed by atoms with E-state index in [2.05, 4.69) is 5.32 Å². The van der Waals surface area contributed by atoms with Crippen LogP contribution in [0.4, 0.5) is 11.4 Å². The molecule has 106 valence electrons. The Labute approximate surface area is 113 Å². The first kappa shape index (κ1) is 14.0. The fourth-order valence-corrected chi connectivity index (χ4v) is 2.05. The summed E-state index contributed by atoms with van der Waals surface area (Å²) >= 11 is 0. The first-order valence-electron chi connectivity index (χ1n) is 6.59. The first-order valence-corrected chi connectivity index (χ1v) is 6.59. The fraction of sp³-hybridized carbons (Fsp3) is 0.571. The van der Waals surface area contributed by atoms with Crippen LogP contribution in [-0.4, -0.2) is 36.6 Å². The second-order valence-electron chi connectivity index (χ2n) is 5.26. The number of para-hydroxylation sites is 1.